The molecule has 4 aromatic rings. The molecule has 0 unspecified atom stereocenters. The van der Waals surface area contributed by atoms with E-state index in [9.17, 15) is 30.0 Å². The first-order valence-electron chi connectivity index (χ1n) is 11.9. The van der Waals surface area contributed by atoms with Crippen molar-refractivity contribution in [1.29, 1.82) is 0 Å². The predicted octanol–water partition coefficient (Wildman–Crippen LogP) is 6.17. The summed E-state index contributed by atoms with van der Waals surface area (Å²) in [6, 6.07) is 16.0. The molecule has 0 aromatic heterocycles. The van der Waals surface area contributed by atoms with Crippen LogP contribution in [0.1, 0.15) is 16.7 Å². The zero-order valence-electron chi connectivity index (χ0n) is 21.1. The van der Waals surface area contributed by atoms with Crippen molar-refractivity contribution in [3.8, 4) is 23.0 Å². The minimum atomic E-state index is -1.28. The van der Waals surface area contributed by atoms with Crippen molar-refractivity contribution in [1.82, 2.24) is 10.9 Å². The number of hydrazone groups is 2. The minimum absolute atomic E-state index is 0.0106. The maximum Gasteiger partial charge on any atom is 0.253 e. The molecule has 4 rings (SSSR count). The van der Waals surface area contributed by atoms with E-state index in [1.165, 1.54) is 12.1 Å². The summed E-state index contributed by atoms with van der Waals surface area (Å²) in [7, 11) is 0. The smallest absolute Gasteiger partial charge is 0.253 e. The molecule has 0 spiro atoms. The Hall–Kier alpha value is -3.46. The van der Waals surface area contributed by atoms with Gasteiger partial charge in [0.05, 0.1) is 21.4 Å². The molecule has 6 N–H and O–H groups in total. The second-order valence-electron chi connectivity index (χ2n) is 8.82. The number of hydrogen-bond acceptors (Lipinski definition) is 8. The number of carbonyl (C=O) groups is 2. The molecule has 2 amide bonds. The van der Waals surface area contributed by atoms with Crippen molar-refractivity contribution >= 4 is 98.7 Å². The zero-order valence-corrected chi connectivity index (χ0v) is 27.5. The number of phenols is 4. The Bertz CT molecular complexity index is 1680. The highest BCUT2D eigenvalue weighted by molar-refractivity contribution is 9.11. The lowest BCUT2D eigenvalue weighted by Crippen LogP contribution is -2.39. The Morgan fingerprint density at radius 1 is 0.690 bits per heavy atom. The van der Waals surface area contributed by atoms with Crippen LogP contribution in [-0.4, -0.2) is 44.7 Å². The van der Waals surface area contributed by atoms with Crippen LogP contribution in [0.3, 0.4) is 0 Å². The van der Waals surface area contributed by atoms with Crippen molar-refractivity contribution < 1.29 is 30.0 Å². The number of aromatic hydroxyl groups is 4. The van der Waals surface area contributed by atoms with Crippen LogP contribution in [0.2, 0.25) is 0 Å². The van der Waals surface area contributed by atoms with E-state index in [0.29, 0.717) is 5.56 Å². The molecule has 0 fully saturated rings. The summed E-state index contributed by atoms with van der Waals surface area (Å²) < 4.78 is 0.639. The van der Waals surface area contributed by atoms with Gasteiger partial charge in [0.15, 0.2) is 0 Å². The topological polar surface area (TPSA) is 164 Å². The van der Waals surface area contributed by atoms with Gasteiger partial charge in [0, 0.05) is 11.1 Å². The summed E-state index contributed by atoms with van der Waals surface area (Å²) >= 11 is 12.5. The van der Waals surface area contributed by atoms with Crippen molar-refractivity contribution in [3.05, 3.63) is 89.2 Å². The summed E-state index contributed by atoms with van der Waals surface area (Å²) in [5.41, 5.74) is 5.71. The lowest BCUT2D eigenvalue weighted by atomic mass is 9.96. The molecular formula is C28H20Br4N4O6. The zero-order chi connectivity index (χ0) is 30.6. The maximum atomic E-state index is 13.2. The number of phenolic OH excluding ortho intramolecular Hbond substituents is 4. The van der Waals surface area contributed by atoms with Crippen LogP contribution in [0.25, 0.3) is 10.8 Å². The van der Waals surface area contributed by atoms with Crippen molar-refractivity contribution in [2.45, 2.75) is 6.42 Å². The van der Waals surface area contributed by atoms with Gasteiger partial charge in [-0.15, -0.1) is 0 Å². The van der Waals surface area contributed by atoms with Gasteiger partial charge in [-0.1, -0.05) is 42.5 Å². The van der Waals surface area contributed by atoms with E-state index >= 15 is 0 Å². The largest absolute Gasteiger partial charge is 0.506 e. The highest BCUT2D eigenvalue weighted by atomic mass is 79.9. The second kappa shape index (κ2) is 13.7. The molecule has 0 radical (unpaired) electrons. The SMILES string of the molecule is O=C(N/N=C\c1cc(Br)c(O)c(Br)c1O)C(Cc1ccc2ccccc2c1)C(=O)N/N=C\c1cc(Br)c(O)c(Br)c1O. The summed E-state index contributed by atoms with van der Waals surface area (Å²) in [6.07, 6.45) is 2.33. The van der Waals surface area contributed by atoms with Crippen molar-refractivity contribution in [2.75, 3.05) is 0 Å². The van der Waals surface area contributed by atoms with Gasteiger partial charge in [-0.05, 0) is 98.6 Å². The van der Waals surface area contributed by atoms with E-state index in [1.807, 2.05) is 42.5 Å². The molecule has 0 aliphatic heterocycles. The van der Waals surface area contributed by atoms with Crippen molar-refractivity contribution in [3.63, 3.8) is 0 Å². The van der Waals surface area contributed by atoms with Gasteiger partial charge in [0.2, 0.25) is 0 Å². The fourth-order valence-corrected chi connectivity index (χ4v) is 6.13. The Morgan fingerprint density at radius 2 is 1.17 bits per heavy atom. The van der Waals surface area contributed by atoms with E-state index in [-0.39, 0.29) is 58.4 Å². The summed E-state index contributed by atoms with van der Waals surface area (Å²) in [4.78, 5) is 26.4. The number of hydrogen-bond donors (Lipinski definition) is 6. The molecule has 0 aliphatic carbocycles. The van der Waals surface area contributed by atoms with Gasteiger partial charge in [-0.2, -0.15) is 10.2 Å². The van der Waals surface area contributed by atoms with Crippen molar-refractivity contribution in [2.24, 2.45) is 16.1 Å². The average Bonchev–Trinajstić information content (AvgIpc) is 2.98. The first kappa shape index (κ1) is 31.5. The number of halogens is 4. The van der Waals surface area contributed by atoms with Crippen LogP contribution in [0.4, 0.5) is 0 Å². The second-order valence-corrected chi connectivity index (χ2v) is 12.1. The number of carbonyl (C=O) groups excluding carboxylic acids is 2. The predicted molar refractivity (Wildman–Crippen MR) is 173 cm³/mol. The van der Waals surface area contributed by atoms with Gasteiger partial charge in [-0.25, -0.2) is 10.9 Å². The minimum Gasteiger partial charge on any atom is -0.506 e. The summed E-state index contributed by atoms with van der Waals surface area (Å²) in [6.45, 7) is 0. The van der Waals surface area contributed by atoms with Crippen LogP contribution in [-0.2, 0) is 16.0 Å². The molecule has 0 saturated carbocycles. The van der Waals surface area contributed by atoms with Crippen LogP contribution < -0.4 is 10.9 Å². The molecule has 14 heteroatoms. The third kappa shape index (κ3) is 7.12. The normalized spacial score (nSPS) is 11.5. The molecular weight excluding hydrogens is 808 g/mol. The van der Waals surface area contributed by atoms with Gasteiger partial charge in [-0.3, -0.25) is 9.59 Å². The molecule has 4 aromatic carbocycles. The van der Waals surface area contributed by atoms with Gasteiger partial charge >= 0.3 is 0 Å². The Labute approximate surface area is 272 Å². The molecule has 10 nitrogen and oxygen atoms in total. The van der Waals surface area contributed by atoms with E-state index in [1.54, 1.807) is 0 Å². The monoisotopic (exact) mass is 824 g/mol. The van der Waals surface area contributed by atoms with Gasteiger partial charge in [0.25, 0.3) is 11.8 Å². The quantitative estimate of drug-likeness (QED) is 0.0707. The number of fused-ring (bicyclic) bond motifs is 1. The Balaban J connectivity index is 1.57. The molecule has 0 atom stereocenters. The lowest BCUT2D eigenvalue weighted by Gasteiger charge is -2.14. The molecule has 216 valence electrons. The highest BCUT2D eigenvalue weighted by Gasteiger charge is 2.27. The Morgan fingerprint density at radius 3 is 1.67 bits per heavy atom. The molecule has 0 aliphatic rings. The summed E-state index contributed by atoms with van der Waals surface area (Å²) in [5.74, 6) is -3.79. The fraction of sp³-hybridized carbons (Fsp3) is 0.0714. The van der Waals surface area contributed by atoms with Crippen LogP contribution in [0.5, 0.6) is 23.0 Å². The molecule has 0 heterocycles. The first-order chi connectivity index (χ1) is 20.0. The molecule has 0 saturated heterocycles. The van der Waals surface area contributed by atoms with Crippen LogP contribution in [0, 0.1) is 5.92 Å². The number of benzene rings is 4. The van der Waals surface area contributed by atoms with Gasteiger partial charge in [0.1, 0.15) is 37.9 Å². The lowest BCUT2D eigenvalue weighted by molar-refractivity contribution is -0.135. The van der Waals surface area contributed by atoms with E-state index in [0.717, 1.165) is 23.2 Å². The first-order valence-corrected chi connectivity index (χ1v) is 15.1. The standard InChI is InChI=1S/C28H20Br4N4O6/c29-19-9-16(23(37)21(31)25(19)39)11-33-35-27(41)18(8-13-5-6-14-3-1-2-4-15(14)7-13)28(42)36-34-12-17-10-20(30)26(40)22(32)24(17)38/h1-7,9-12,18,37-40H,8H2,(H,35,41)(H,36,42)/b33-11-,34-12-. The Kier molecular flexibility index (Phi) is 10.2. The number of amides is 2. The van der Waals surface area contributed by atoms with Crippen LogP contribution in [0.15, 0.2) is 82.7 Å². The third-order valence-corrected chi connectivity index (χ3v) is 8.75. The third-order valence-electron chi connectivity index (χ3n) is 6.04. The number of nitrogens with one attached hydrogen (secondary N) is 2. The molecule has 0 bridgehead atoms. The molecule has 42 heavy (non-hydrogen) atoms. The van der Waals surface area contributed by atoms with Crippen LogP contribution >= 0.6 is 63.7 Å². The fourth-order valence-electron chi connectivity index (χ4n) is 3.82. The maximum absolute atomic E-state index is 13.2. The summed E-state index contributed by atoms with van der Waals surface area (Å²) in [5, 5.41) is 50.0. The number of rotatable bonds is 8. The van der Waals surface area contributed by atoms with Gasteiger partial charge < -0.3 is 20.4 Å². The average molecular weight is 828 g/mol. The van der Waals surface area contributed by atoms with E-state index in [4.69, 9.17) is 0 Å². The number of nitrogens with zero attached hydrogens (tertiary/aromatic N) is 2. The highest BCUT2D eigenvalue weighted by Crippen LogP contribution is 2.41. The van der Waals surface area contributed by atoms with E-state index < -0.39 is 17.7 Å². The van der Waals surface area contributed by atoms with E-state index in [2.05, 4.69) is 84.8 Å².